The fourth-order valence-corrected chi connectivity index (χ4v) is 4.82. The summed E-state index contributed by atoms with van der Waals surface area (Å²) in [5.41, 5.74) is 1.49. The van der Waals surface area contributed by atoms with E-state index in [1.807, 2.05) is 18.2 Å². The number of halogens is 3. The highest BCUT2D eigenvalue weighted by Gasteiger charge is 2.20. The number of hydrogen-bond acceptors (Lipinski definition) is 6. The molecule has 4 rings (SSSR count). The monoisotopic (exact) mass is 568 g/mol. The van der Waals surface area contributed by atoms with Crippen molar-refractivity contribution in [2.75, 3.05) is 72.2 Å². The molecule has 0 aliphatic carbocycles. The first-order chi connectivity index (χ1) is 17.9. The van der Waals surface area contributed by atoms with Gasteiger partial charge in [0.2, 0.25) is 0 Å². The predicted octanol–water partition coefficient (Wildman–Crippen LogP) is 3.43. The summed E-state index contributed by atoms with van der Waals surface area (Å²) >= 11 is 18.3. The van der Waals surface area contributed by atoms with Gasteiger partial charge in [0.15, 0.2) is 6.61 Å². The van der Waals surface area contributed by atoms with Crippen LogP contribution in [0.4, 0.5) is 0 Å². The molecule has 0 bridgehead atoms. The van der Waals surface area contributed by atoms with E-state index < -0.39 is 0 Å². The first-order valence-electron chi connectivity index (χ1n) is 12.3. The molecule has 2 aliphatic heterocycles. The number of amides is 2. The molecule has 0 aromatic heterocycles. The average molecular weight is 570 g/mol. The largest absolute Gasteiger partial charge is 0.483 e. The Balaban J connectivity index is 1.21. The predicted molar refractivity (Wildman–Crippen MR) is 145 cm³/mol. The molecule has 37 heavy (non-hydrogen) atoms. The van der Waals surface area contributed by atoms with E-state index >= 15 is 0 Å². The maximum Gasteiger partial charge on any atom is 0.260 e. The summed E-state index contributed by atoms with van der Waals surface area (Å²) in [5, 5.41) is 4.54. The molecule has 8 nitrogen and oxygen atoms in total. The molecule has 2 saturated heterocycles. The quantitative estimate of drug-likeness (QED) is 0.499. The summed E-state index contributed by atoms with van der Waals surface area (Å²) in [7, 11) is 0. The van der Waals surface area contributed by atoms with E-state index in [2.05, 4.69) is 15.1 Å². The lowest BCUT2D eigenvalue weighted by Gasteiger charge is -2.34. The molecule has 0 atom stereocenters. The lowest BCUT2D eigenvalue weighted by molar-refractivity contribution is -0.137. The SMILES string of the molecule is O=C(NCCN1CCN(Cc2ccc(Cl)c(Cl)c2)CC1)c1ccc(Cl)cc1OCC(=O)N1CCOCC1. The molecule has 2 fully saturated rings. The zero-order chi connectivity index (χ0) is 26.2. The van der Waals surface area contributed by atoms with Crippen LogP contribution < -0.4 is 10.1 Å². The topological polar surface area (TPSA) is 74.4 Å². The summed E-state index contributed by atoms with van der Waals surface area (Å²) in [6.45, 7) is 7.71. The van der Waals surface area contributed by atoms with E-state index in [1.165, 1.54) is 0 Å². The Morgan fingerprint density at radius 2 is 1.62 bits per heavy atom. The van der Waals surface area contributed by atoms with Gasteiger partial charge in [0.1, 0.15) is 5.75 Å². The van der Waals surface area contributed by atoms with Crippen molar-refractivity contribution in [3.63, 3.8) is 0 Å². The van der Waals surface area contributed by atoms with Crippen LogP contribution in [0.1, 0.15) is 15.9 Å². The molecular formula is C26H31Cl3N4O4. The van der Waals surface area contributed by atoms with Gasteiger partial charge >= 0.3 is 0 Å². The van der Waals surface area contributed by atoms with E-state index in [1.54, 1.807) is 23.1 Å². The summed E-state index contributed by atoms with van der Waals surface area (Å²) in [6, 6.07) is 10.6. The molecule has 0 radical (unpaired) electrons. The number of carbonyl (C=O) groups excluding carboxylic acids is 2. The Morgan fingerprint density at radius 1 is 0.892 bits per heavy atom. The molecule has 1 N–H and O–H groups in total. The summed E-state index contributed by atoms with van der Waals surface area (Å²) in [5.74, 6) is -0.112. The van der Waals surface area contributed by atoms with Crippen LogP contribution in [-0.4, -0.2) is 98.7 Å². The average Bonchev–Trinajstić information content (AvgIpc) is 2.91. The smallest absolute Gasteiger partial charge is 0.260 e. The maximum absolute atomic E-state index is 12.9. The lowest BCUT2D eigenvalue weighted by atomic mass is 10.2. The van der Waals surface area contributed by atoms with Gasteiger partial charge in [-0.2, -0.15) is 0 Å². The summed E-state index contributed by atoms with van der Waals surface area (Å²) in [6.07, 6.45) is 0. The molecule has 2 aromatic carbocycles. The van der Waals surface area contributed by atoms with Gasteiger partial charge in [-0.15, -0.1) is 0 Å². The highest BCUT2D eigenvalue weighted by Crippen LogP contribution is 2.24. The van der Waals surface area contributed by atoms with E-state index in [-0.39, 0.29) is 18.4 Å². The third kappa shape index (κ3) is 8.21. The fraction of sp³-hybridized carbons (Fsp3) is 0.462. The van der Waals surface area contributed by atoms with Gasteiger partial charge in [-0.1, -0.05) is 40.9 Å². The third-order valence-electron chi connectivity index (χ3n) is 6.47. The van der Waals surface area contributed by atoms with Crippen molar-refractivity contribution in [2.24, 2.45) is 0 Å². The summed E-state index contributed by atoms with van der Waals surface area (Å²) in [4.78, 5) is 31.7. The van der Waals surface area contributed by atoms with Crippen LogP contribution >= 0.6 is 34.8 Å². The minimum Gasteiger partial charge on any atom is -0.483 e. The van der Waals surface area contributed by atoms with Crippen molar-refractivity contribution in [1.29, 1.82) is 0 Å². The number of rotatable bonds is 9. The van der Waals surface area contributed by atoms with Gasteiger partial charge < -0.3 is 19.7 Å². The van der Waals surface area contributed by atoms with E-state index in [9.17, 15) is 9.59 Å². The van der Waals surface area contributed by atoms with Crippen LogP contribution in [0.15, 0.2) is 36.4 Å². The Bertz CT molecular complexity index is 1090. The maximum atomic E-state index is 12.9. The standard InChI is InChI=1S/C26H31Cl3N4O4/c27-20-2-3-21(24(16-20)37-18-25(34)33-11-13-36-14-12-33)26(35)30-5-6-31-7-9-32(10-8-31)17-19-1-4-22(28)23(29)15-19/h1-4,15-16H,5-14,17-18H2,(H,30,35). The van der Waals surface area contributed by atoms with Crippen molar-refractivity contribution in [1.82, 2.24) is 20.0 Å². The van der Waals surface area contributed by atoms with Crippen molar-refractivity contribution < 1.29 is 19.1 Å². The molecule has 200 valence electrons. The Kier molecular flexibility index (Phi) is 10.3. The van der Waals surface area contributed by atoms with Gasteiger partial charge in [0.05, 0.1) is 28.8 Å². The number of morpholine rings is 1. The van der Waals surface area contributed by atoms with Crippen LogP contribution in [0.3, 0.4) is 0 Å². The minimum atomic E-state index is -0.260. The molecule has 2 heterocycles. The second kappa shape index (κ2) is 13.6. The first kappa shape index (κ1) is 28.0. The molecule has 2 aliphatic rings. The first-order valence-corrected chi connectivity index (χ1v) is 13.5. The molecule has 2 amide bonds. The van der Waals surface area contributed by atoms with Gasteiger partial charge in [-0.3, -0.25) is 19.4 Å². The van der Waals surface area contributed by atoms with Gasteiger partial charge in [-0.25, -0.2) is 0 Å². The molecule has 0 saturated carbocycles. The number of piperazine rings is 1. The van der Waals surface area contributed by atoms with Crippen molar-refractivity contribution in [3.05, 3.63) is 62.6 Å². The molecule has 0 unspecified atom stereocenters. The van der Waals surface area contributed by atoms with E-state index in [0.717, 1.165) is 44.8 Å². The van der Waals surface area contributed by atoms with Gasteiger partial charge in [0.25, 0.3) is 11.8 Å². The van der Waals surface area contributed by atoms with Crippen LogP contribution in [-0.2, 0) is 16.1 Å². The summed E-state index contributed by atoms with van der Waals surface area (Å²) < 4.78 is 11.0. The normalized spacial score (nSPS) is 17.0. The van der Waals surface area contributed by atoms with Crippen LogP contribution in [0.2, 0.25) is 15.1 Å². The fourth-order valence-electron chi connectivity index (χ4n) is 4.34. The molecule has 11 heteroatoms. The Hall–Kier alpha value is -2.07. The van der Waals surface area contributed by atoms with Crippen molar-refractivity contribution >= 4 is 46.6 Å². The Labute approximate surface area is 232 Å². The second-order valence-corrected chi connectivity index (χ2v) is 10.3. The Morgan fingerprint density at radius 3 is 2.35 bits per heavy atom. The van der Waals surface area contributed by atoms with Crippen LogP contribution in [0.5, 0.6) is 5.75 Å². The zero-order valence-electron chi connectivity index (χ0n) is 20.6. The second-order valence-electron chi connectivity index (χ2n) is 9.04. The lowest BCUT2D eigenvalue weighted by Crippen LogP contribution is -2.48. The highest BCUT2D eigenvalue weighted by molar-refractivity contribution is 6.42. The van der Waals surface area contributed by atoms with Crippen LogP contribution in [0.25, 0.3) is 0 Å². The van der Waals surface area contributed by atoms with Crippen LogP contribution in [0, 0.1) is 0 Å². The van der Waals surface area contributed by atoms with E-state index in [4.69, 9.17) is 44.3 Å². The molecule has 2 aromatic rings. The molecule has 0 spiro atoms. The highest BCUT2D eigenvalue weighted by atomic mass is 35.5. The minimum absolute atomic E-state index is 0.145. The van der Waals surface area contributed by atoms with Gasteiger partial charge in [-0.05, 0) is 35.9 Å². The van der Waals surface area contributed by atoms with Crippen molar-refractivity contribution in [2.45, 2.75) is 6.54 Å². The number of ether oxygens (including phenoxy) is 2. The molecular weight excluding hydrogens is 539 g/mol. The number of benzene rings is 2. The van der Waals surface area contributed by atoms with E-state index in [0.29, 0.717) is 59.2 Å². The zero-order valence-corrected chi connectivity index (χ0v) is 22.8. The number of carbonyl (C=O) groups is 2. The number of nitrogens with zero attached hydrogens (tertiary/aromatic N) is 3. The van der Waals surface area contributed by atoms with Crippen molar-refractivity contribution in [3.8, 4) is 5.75 Å². The van der Waals surface area contributed by atoms with Gasteiger partial charge in [0, 0.05) is 63.9 Å². The number of nitrogens with one attached hydrogen (secondary N) is 1. The third-order valence-corrected chi connectivity index (χ3v) is 7.45. The number of hydrogen-bond donors (Lipinski definition) is 1.